The van der Waals surface area contributed by atoms with Crippen LogP contribution >= 0.6 is 11.8 Å². The fourth-order valence-electron chi connectivity index (χ4n) is 2.39. The van der Waals surface area contributed by atoms with Crippen LogP contribution in [0.15, 0.2) is 18.2 Å². The number of nitrogens with one attached hydrogen (secondary N) is 1. The number of benzene rings is 1. The van der Waals surface area contributed by atoms with Gasteiger partial charge < -0.3 is 5.32 Å². The van der Waals surface area contributed by atoms with Gasteiger partial charge in [0.15, 0.2) is 0 Å². The Labute approximate surface area is 111 Å². The number of halogens is 2. The highest BCUT2D eigenvalue weighted by Gasteiger charge is 2.28. The summed E-state index contributed by atoms with van der Waals surface area (Å²) in [5.74, 6) is 1.05. The van der Waals surface area contributed by atoms with E-state index in [9.17, 15) is 8.78 Å². The Morgan fingerprint density at radius 2 is 2.00 bits per heavy atom. The van der Waals surface area contributed by atoms with Crippen molar-refractivity contribution >= 4 is 11.8 Å². The summed E-state index contributed by atoms with van der Waals surface area (Å²) in [6, 6.07) is 3.95. The van der Waals surface area contributed by atoms with Crippen molar-refractivity contribution in [3.8, 4) is 0 Å². The molecule has 1 aromatic carbocycles. The summed E-state index contributed by atoms with van der Waals surface area (Å²) in [7, 11) is 3.89. The van der Waals surface area contributed by atoms with E-state index >= 15 is 0 Å². The van der Waals surface area contributed by atoms with Gasteiger partial charge in [0.2, 0.25) is 0 Å². The van der Waals surface area contributed by atoms with Gasteiger partial charge in [0, 0.05) is 36.2 Å². The van der Waals surface area contributed by atoms with Crippen LogP contribution in [0.25, 0.3) is 0 Å². The van der Waals surface area contributed by atoms with Crippen molar-refractivity contribution in [2.75, 3.05) is 32.1 Å². The molecule has 5 heteroatoms. The molecular weight excluding hydrogens is 254 g/mol. The highest BCUT2D eigenvalue weighted by molar-refractivity contribution is 7.99. The first-order valence-corrected chi connectivity index (χ1v) is 7.18. The minimum Gasteiger partial charge on any atom is -0.312 e. The molecule has 2 unspecified atom stereocenters. The molecule has 1 fully saturated rings. The highest BCUT2D eigenvalue weighted by Crippen LogP contribution is 2.27. The molecule has 2 atom stereocenters. The quantitative estimate of drug-likeness (QED) is 0.909. The van der Waals surface area contributed by atoms with Gasteiger partial charge in [0.1, 0.15) is 11.6 Å². The monoisotopic (exact) mass is 272 g/mol. The van der Waals surface area contributed by atoms with Gasteiger partial charge >= 0.3 is 0 Å². The minimum absolute atomic E-state index is 0.0481. The van der Waals surface area contributed by atoms with Gasteiger partial charge in [-0.1, -0.05) is 0 Å². The van der Waals surface area contributed by atoms with Gasteiger partial charge in [-0.2, -0.15) is 11.8 Å². The van der Waals surface area contributed by atoms with Crippen LogP contribution in [0.1, 0.15) is 11.6 Å². The predicted octanol–water partition coefficient (Wildman–Crippen LogP) is 2.27. The third kappa shape index (κ3) is 3.02. The third-order valence-electron chi connectivity index (χ3n) is 3.38. The van der Waals surface area contributed by atoms with Gasteiger partial charge in [0.05, 0.1) is 0 Å². The second kappa shape index (κ2) is 5.99. The standard InChI is InChI=1S/C13H18F2N2S/c1-16-13(12-8-18-4-3-17(12)2)9-5-10(14)7-11(15)6-9/h5-7,12-13,16H,3-4,8H2,1-2H3. The lowest BCUT2D eigenvalue weighted by molar-refractivity contribution is 0.221. The summed E-state index contributed by atoms with van der Waals surface area (Å²) >= 11 is 1.88. The summed E-state index contributed by atoms with van der Waals surface area (Å²) in [6.45, 7) is 1.01. The van der Waals surface area contributed by atoms with Crippen LogP contribution in [0.5, 0.6) is 0 Å². The normalized spacial score (nSPS) is 23.0. The van der Waals surface area contributed by atoms with Crippen molar-refractivity contribution < 1.29 is 8.78 Å². The van der Waals surface area contributed by atoms with Gasteiger partial charge in [-0.25, -0.2) is 8.78 Å². The molecule has 0 radical (unpaired) electrons. The molecule has 100 valence electrons. The van der Waals surface area contributed by atoms with Crippen LogP contribution < -0.4 is 5.32 Å². The van der Waals surface area contributed by atoms with Gasteiger partial charge in [-0.05, 0) is 31.8 Å². The van der Waals surface area contributed by atoms with Gasteiger partial charge in [0.25, 0.3) is 0 Å². The molecule has 1 aromatic rings. The molecule has 0 spiro atoms. The van der Waals surface area contributed by atoms with E-state index in [4.69, 9.17) is 0 Å². The van der Waals surface area contributed by atoms with Crippen LogP contribution in [-0.4, -0.2) is 43.1 Å². The average molecular weight is 272 g/mol. The summed E-state index contributed by atoms with van der Waals surface area (Å²) in [6.07, 6.45) is 0. The van der Waals surface area contributed by atoms with Crippen molar-refractivity contribution in [1.82, 2.24) is 10.2 Å². The zero-order valence-corrected chi connectivity index (χ0v) is 11.4. The smallest absolute Gasteiger partial charge is 0.126 e. The molecule has 0 aliphatic carbocycles. The Hall–Kier alpha value is -0.650. The topological polar surface area (TPSA) is 15.3 Å². The molecule has 2 rings (SSSR count). The third-order valence-corrected chi connectivity index (χ3v) is 4.43. The van der Waals surface area contributed by atoms with Crippen molar-refractivity contribution in [2.24, 2.45) is 0 Å². The lowest BCUT2D eigenvalue weighted by atomic mass is 9.99. The van der Waals surface area contributed by atoms with Crippen molar-refractivity contribution in [3.63, 3.8) is 0 Å². The first-order valence-electron chi connectivity index (χ1n) is 6.03. The maximum Gasteiger partial charge on any atom is 0.126 e. The van der Waals surface area contributed by atoms with Crippen LogP contribution in [0.4, 0.5) is 8.78 Å². The van der Waals surface area contributed by atoms with E-state index in [1.54, 1.807) is 0 Å². The number of hydrogen-bond donors (Lipinski definition) is 1. The number of hydrogen-bond acceptors (Lipinski definition) is 3. The van der Waals surface area contributed by atoms with Crippen LogP contribution in [0, 0.1) is 11.6 Å². The number of thioether (sulfide) groups is 1. The van der Waals surface area contributed by atoms with Gasteiger partial charge in [-0.3, -0.25) is 4.90 Å². The zero-order valence-electron chi connectivity index (χ0n) is 10.6. The molecular formula is C13H18F2N2S. The number of nitrogens with zero attached hydrogens (tertiary/aromatic N) is 1. The van der Waals surface area contributed by atoms with Crippen LogP contribution in [0.2, 0.25) is 0 Å². The van der Waals surface area contributed by atoms with E-state index in [0.29, 0.717) is 5.56 Å². The molecule has 2 nitrogen and oxygen atoms in total. The molecule has 0 bridgehead atoms. The van der Waals surface area contributed by atoms with Crippen LogP contribution in [-0.2, 0) is 0 Å². The highest BCUT2D eigenvalue weighted by atomic mass is 32.2. The molecule has 18 heavy (non-hydrogen) atoms. The first kappa shape index (κ1) is 13.8. The second-order valence-corrected chi connectivity index (χ2v) is 5.74. The Kier molecular flexibility index (Phi) is 4.59. The van der Waals surface area contributed by atoms with Crippen molar-refractivity contribution in [1.29, 1.82) is 0 Å². The minimum atomic E-state index is -0.517. The van der Waals surface area contributed by atoms with E-state index in [1.165, 1.54) is 12.1 Å². The summed E-state index contributed by atoms with van der Waals surface area (Å²) in [5, 5.41) is 3.18. The number of rotatable bonds is 3. The first-order chi connectivity index (χ1) is 8.61. The lowest BCUT2D eigenvalue weighted by Gasteiger charge is -2.37. The van der Waals surface area contributed by atoms with E-state index in [0.717, 1.165) is 24.1 Å². The van der Waals surface area contributed by atoms with E-state index < -0.39 is 11.6 Å². The van der Waals surface area contributed by atoms with E-state index in [1.807, 2.05) is 18.8 Å². The Morgan fingerprint density at radius 1 is 1.33 bits per heavy atom. The molecule has 1 N–H and O–H groups in total. The Morgan fingerprint density at radius 3 is 2.56 bits per heavy atom. The average Bonchev–Trinajstić information content (AvgIpc) is 2.31. The molecule has 0 saturated carbocycles. The van der Waals surface area contributed by atoms with Crippen LogP contribution in [0.3, 0.4) is 0 Å². The maximum atomic E-state index is 13.3. The Bertz CT molecular complexity index is 394. The zero-order chi connectivity index (χ0) is 13.1. The summed E-state index contributed by atoms with van der Waals surface area (Å²) in [5.41, 5.74) is 0.675. The lowest BCUT2D eigenvalue weighted by Crippen LogP contribution is -2.47. The van der Waals surface area contributed by atoms with Crippen molar-refractivity contribution in [2.45, 2.75) is 12.1 Å². The fourth-order valence-corrected chi connectivity index (χ4v) is 3.66. The molecule has 0 amide bonds. The SMILES string of the molecule is CNC(c1cc(F)cc(F)c1)C1CSCCN1C. The maximum absolute atomic E-state index is 13.3. The van der Waals surface area contributed by atoms with Crippen molar-refractivity contribution in [3.05, 3.63) is 35.4 Å². The fraction of sp³-hybridized carbons (Fsp3) is 0.538. The molecule has 1 saturated heterocycles. The largest absolute Gasteiger partial charge is 0.312 e. The van der Waals surface area contributed by atoms with E-state index in [-0.39, 0.29) is 12.1 Å². The van der Waals surface area contributed by atoms with Gasteiger partial charge in [-0.15, -0.1) is 0 Å². The summed E-state index contributed by atoms with van der Waals surface area (Å²) in [4.78, 5) is 2.25. The molecule has 1 aliphatic heterocycles. The second-order valence-electron chi connectivity index (χ2n) is 4.59. The predicted molar refractivity (Wildman–Crippen MR) is 71.9 cm³/mol. The molecule has 0 aromatic heterocycles. The summed E-state index contributed by atoms with van der Waals surface area (Å²) < 4.78 is 26.6. The molecule has 1 aliphatic rings. The van der Waals surface area contributed by atoms with E-state index in [2.05, 4.69) is 17.3 Å². The number of likely N-dealkylation sites (N-methyl/N-ethyl adjacent to an activating group) is 2. The Balaban J connectivity index is 2.26. The molecule has 1 heterocycles.